The fraction of sp³-hybridized carbons (Fsp3) is 0.900. The van der Waals surface area contributed by atoms with Gasteiger partial charge in [0.15, 0.2) is 0 Å². The number of hydrogen-bond acceptors (Lipinski definition) is 2. The molecule has 0 aliphatic carbocycles. The molecule has 2 unspecified atom stereocenters. The SMILES string of the molecule is CC1CCC(C(=O)N(CCBr)CC(F)F)O1. The second-order valence-corrected chi connectivity index (χ2v) is 4.67. The first kappa shape index (κ1) is 13.8. The Morgan fingerprint density at radius 3 is 2.69 bits per heavy atom. The molecule has 0 spiro atoms. The Morgan fingerprint density at radius 2 is 2.25 bits per heavy atom. The summed E-state index contributed by atoms with van der Waals surface area (Å²) in [6, 6.07) is 0. The number of halogens is 3. The van der Waals surface area contributed by atoms with Crippen LogP contribution in [-0.4, -0.2) is 47.9 Å². The second-order valence-electron chi connectivity index (χ2n) is 3.88. The van der Waals surface area contributed by atoms with E-state index in [1.807, 2.05) is 6.92 Å². The van der Waals surface area contributed by atoms with Crippen LogP contribution in [0.2, 0.25) is 0 Å². The molecule has 6 heteroatoms. The summed E-state index contributed by atoms with van der Waals surface area (Å²) in [5.74, 6) is -0.316. The first-order chi connectivity index (χ1) is 7.54. The third-order valence-corrected chi connectivity index (χ3v) is 2.89. The zero-order valence-electron chi connectivity index (χ0n) is 9.17. The molecule has 0 aromatic carbocycles. The number of rotatable bonds is 5. The lowest BCUT2D eigenvalue weighted by Gasteiger charge is -2.24. The summed E-state index contributed by atoms with van der Waals surface area (Å²) < 4.78 is 29.9. The van der Waals surface area contributed by atoms with Crippen LogP contribution in [0.15, 0.2) is 0 Å². The van der Waals surface area contributed by atoms with Crippen molar-refractivity contribution in [2.45, 2.75) is 38.4 Å². The van der Waals surface area contributed by atoms with Crippen molar-refractivity contribution < 1.29 is 18.3 Å². The fourth-order valence-corrected chi connectivity index (χ4v) is 2.18. The molecule has 1 amide bonds. The van der Waals surface area contributed by atoms with Crippen molar-refractivity contribution in [2.75, 3.05) is 18.4 Å². The molecule has 1 saturated heterocycles. The maximum Gasteiger partial charge on any atom is 0.255 e. The van der Waals surface area contributed by atoms with E-state index in [9.17, 15) is 13.6 Å². The number of hydrogen-bond donors (Lipinski definition) is 0. The molecule has 0 saturated carbocycles. The molecule has 94 valence electrons. The van der Waals surface area contributed by atoms with Crippen LogP contribution in [0.25, 0.3) is 0 Å². The Labute approximate surface area is 102 Å². The molecular weight excluding hydrogens is 284 g/mol. The molecule has 1 fully saturated rings. The van der Waals surface area contributed by atoms with Gasteiger partial charge in [-0.05, 0) is 19.8 Å². The van der Waals surface area contributed by atoms with Crippen molar-refractivity contribution in [3.8, 4) is 0 Å². The summed E-state index contributed by atoms with van der Waals surface area (Å²) in [5, 5.41) is 0.494. The van der Waals surface area contributed by atoms with E-state index >= 15 is 0 Å². The van der Waals surface area contributed by atoms with E-state index in [2.05, 4.69) is 15.9 Å². The van der Waals surface area contributed by atoms with E-state index in [0.717, 1.165) is 6.42 Å². The summed E-state index contributed by atoms with van der Waals surface area (Å²) >= 11 is 3.15. The van der Waals surface area contributed by atoms with E-state index in [1.165, 1.54) is 4.90 Å². The highest BCUT2D eigenvalue weighted by atomic mass is 79.9. The van der Waals surface area contributed by atoms with Crippen LogP contribution >= 0.6 is 15.9 Å². The summed E-state index contributed by atoms with van der Waals surface area (Å²) in [6.07, 6.45) is -1.55. The molecule has 0 aromatic heterocycles. The van der Waals surface area contributed by atoms with Crippen LogP contribution in [0.3, 0.4) is 0 Å². The maximum atomic E-state index is 12.3. The molecule has 1 aliphatic rings. The summed E-state index contributed by atoms with van der Waals surface area (Å²) in [5.41, 5.74) is 0. The zero-order chi connectivity index (χ0) is 12.1. The van der Waals surface area contributed by atoms with E-state index in [1.54, 1.807) is 0 Å². The van der Waals surface area contributed by atoms with Crippen LogP contribution in [0.5, 0.6) is 0 Å². The zero-order valence-corrected chi connectivity index (χ0v) is 10.8. The Bertz CT molecular complexity index is 241. The third-order valence-electron chi connectivity index (χ3n) is 2.53. The predicted octanol–water partition coefficient (Wildman–Crippen LogP) is 2.04. The van der Waals surface area contributed by atoms with E-state index in [0.29, 0.717) is 11.8 Å². The van der Waals surface area contributed by atoms with Gasteiger partial charge in [0.2, 0.25) is 0 Å². The molecule has 2 atom stereocenters. The highest BCUT2D eigenvalue weighted by Crippen LogP contribution is 2.21. The van der Waals surface area contributed by atoms with Gasteiger partial charge in [0.1, 0.15) is 6.10 Å². The average Bonchev–Trinajstić information content (AvgIpc) is 2.62. The first-order valence-corrected chi connectivity index (χ1v) is 6.45. The van der Waals surface area contributed by atoms with Crippen molar-refractivity contribution in [3.63, 3.8) is 0 Å². The minimum Gasteiger partial charge on any atom is -0.365 e. The molecule has 1 rings (SSSR count). The van der Waals surface area contributed by atoms with Gasteiger partial charge in [-0.3, -0.25) is 4.79 Å². The maximum absolute atomic E-state index is 12.3. The highest BCUT2D eigenvalue weighted by Gasteiger charge is 2.32. The molecule has 0 N–H and O–H groups in total. The molecule has 0 radical (unpaired) electrons. The lowest BCUT2D eigenvalue weighted by molar-refractivity contribution is -0.144. The number of nitrogens with zero attached hydrogens (tertiary/aromatic N) is 1. The van der Waals surface area contributed by atoms with E-state index in [4.69, 9.17) is 4.74 Å². The van der Waals surface area contributed by atoms with Gasteiger partial charge in [-0.1, -0.05) is 15.9 Å². The summed E-state index contributed by atoms with van der Waals surface area (Å²) in [6.45, 7) is 1.66. The van der Waals surface area contributed by atoms with Gasteiger partial charge in [-0.25, -0.2) is 8.78 Å². The average molecular weight is 300 g/mol. The van der Waals surface area contributed by atoms with E-state index in [-0.39, 0.29) is 18.6 Å². The smallest absolute Gasteiger partial charge is 0.255 e. The molecule has 3 nitrogen and oxygen atoms in total. The van der Waals surface area contributed by atoms with Crippen LogP contribution in [0.1, 0.15) is 19.8 Å². The predicted molar refractivity (Wildman–Crippen MR) is 59.9 cm³/mol. The van der Waals surface area contributed by atoms with Crippen molar-refractivity contribution in [1.29, 1.82) is 0 Å². The minimum absolute atomic E-state index is 0.0475. The van der Waals surface area contributed by atoms with Gasteiger partial charge in [-0.15, -0.1) is 0 Å². The third kappa shape index (κ3) is 3.97. The monoisotopic (exact) mass is 299 g/mol. The van der Waals surface area contributed by atoms with Crippen molar-refractivity contribution in [3.05, 3.63) is 0 Å². The van der Waals surface area contributed by atoms with Gasteiger partial charge in [-0.2, -0.15) is 0 Å². The number of carbonyl (C=O) groups is 1. The van der Waals surface area contributed by atoms with Gasteiger partial charge in [0.05, 0.1) is 12.6 Å². The molecule has 1 aliphatic heterocycles. The van der Waals surface area contributed by atoms with E-state index < -0.39 is 19.1 Å². The number of ether oxygens (including phenoxy) is 1. The quantitative estimate of drug-likeness (QED) is 0.727. The fourth-order valence-electron chi connectivity index (χ4n) is 1.75. The lowest BCUT2D eigenvalue weighted by atomic mass is 10.2. The summed E-state index contributed by atoms with van der Waals surface area (Å²) in [7, 11) is 0. The molecule has 0 aromatic rings. The van der Waals surface area contributed by atoms with Crippen molar-refractivity contribution in [2.24, 2.45) is 0 Å². The Hall–Kier alpha value is -0.230. The Balaban J connectivity index is 2.52. The van der Waals surface area contributed by atoms with Crippen LogP contribution in [0.4, 0.5) is 8.78 Å². The Morgan fingerprint density at radius 1 is 1.56 bits per heavy atom. The number of carbonyl (C=O) groups excluding carboxylic acids is 1. The number of amides is 1. The topological polar surface area (TPSA) is 29.5 Å². The normalized spacial score (nSPS) is 25.1. The molecule has 16 heavy (non-hydrogen) atoms. The van der Waals surface area contributed by atoms with Gasteiger partial charge >= 0.3 is 0 Å². The standard InChI is InChI=1S/C10H16BrF2NO2/c1-7-2-3-8(16-7)10(15)14(5-4-11)6-9(12)13/h7-9H,2-6H2,1H3. The molecule has 0 bridgehead atoms. The van der Waals surface area contributed by atoms with Crippen LogP contribution < -0.4 is 0 Å². The van der Waals surface area contributed by atoms with Crippen LogP contribution in [0, 0.1) is 0 Å². The van der Waals surface area contributed by atoms with Gasteiger partial charge in [0.25, 0.3) is 12.3 Å². The van der Waals surface area contributed by atoms with Crippen molar-refractivity contribution in [1.82, 2.24) is 4.90 Å². The Kier molecular flexibility index (Phi) is 5.61. The number of alkyl halides is 3. The largest absolute Gasteiger partial charge is 0.365 e. The molecular formula is C10H16BrF2NO2. The van der Waals surface area contributed by atoms with Crippen LogP contribution in [-0.2, 0) is 9.53 Å². The lowest BCUT2D eigenvalue weighted by Crippen LogP contribution is -2.42. The highest BCUT2D eigenvalue weighted by molar-refractivity contribution is 9.09. The minimum atomic E-state index is -2.50. The molecule has 1 heterocycles. The second kappa shape index (κ2) is 6.49. The van der Waals surface area contributed by atoms with Gasteiger partial charge in [0, 0.05) is 11.9 Å². The van der Waals surface area contributed by atoms with Gasteiger partial charge < -0.3 is 9.64 Å². The first-order valence-electron chi connectivity index (χ1n) is 5.33. The van der Waals surface area contributed by atoms with Crippen molar-refractivity contribution >= 4 is 21.8 Å². The summed E-state index contributed by atoms with van der Waals surface area (Å²) in [4.78, 5) is 13.0.